The highest BCUT2D eigenvalue weighted by Gasteiger charge is 2.20. The number of carboxylic acid groups (broad SMARTS) is 1. The van der Waals surface area contributed by atoms with Gasteiger partial charge < -0.3 is 15.2 Å². The SMILES string of the molecule is CCCCCCCN[C@@H](Cc1cccc(C=C=CC(=O)O)c1)C(=O)OCc1ccccc1. The van der Waals surface area contributed by atoms with E-state index in [-0.39, 0.29) is 12.6 Å². The lowest BCUT2D eigenvalue weighted by Gasteiger charge is -2.18. The Kier molecular flexibility index (Phi) is 11.6. The number of unbranched alkanes of at least 4 members (excludes halogenated alkanes) is 4. The maximum Gasteiger partial charge on any atom is 0.336 e. The van der Waals surface area contributed by atoms with Crippen LogP contribution >= 0.6 is 0 Å². The van der Waals surface area contributed by atoms with Gasteiger partial charge in [0.05, 0.1) is 6.08 Å². The zero-order valence-electron chi connectivity index (χ0n) is 18.8. The first-order valence-electron chi connectivity index (χ1n) is 11.3. The van der Waals surface area contributed by atoms with E-state index in [0.29, 0.717) is 6.42 Å². The van der Waals surface area contributed by atoms with Crippen molar-refractivity contribution in [2.24, 2.45) is 0 Å². The van der Waals surface area contributed by atoms with Gasteiger partial charge in [-0.1, -0.05) is 87.2 Å². The normalized spacial score (nSPS) is 11.3. The van der Waals surface area contributed by atoms with Crippen molar-refractivity contribution in [2.45, 2.75) is 58.1 Å². The molecule has 0 saturated carbocycles. The fourth-order valence-electron chi connectivity index (χ4n) is 3.33. The van der Waals surface area contributed by atoms with E-state index in [9.17, 15) is 9.59 Å². The predicted molar refractivity (Wildman–Crippen MR) is 127 cm³/mol. The molecule has 0 saturated heterocycles. The third kappa shape index (κ3) is 10.3. The van der Waals surface area contributed by atoms with Gasteiger partial charge in [-0.25, -0.2) is 4.79 Å². The second-order valence-electron chi connectivity index (χ2n) is 7.76. The molecule has 2 aromatic rings. The van der Waals surface area contributed by atoms with Gasteiger partial charge in [-0.3, -0.25) is 4.79 Å². The molecule has 2 aromatic carbocycles. The zero-order chi connectivity index (χ0) is 23.0. The largest absolute Gasteiger partial charge is 0.478 e. The Hall–Kier alpha value is -3.14. The Morgan fingerprint density at radius 1 is 1.03 bits per heavy atom. The Morgan fingerprint density at radius 3 is 2.53 bits per heavy atom. The van der Waals surface area contributed by atoms with E-state index in [2.05, 4.69) is 18.0 Å². The first kappa shape index (κ1) is 25.1. The topological polar surface area (TPSA) is 75.6 Å². The Morgan fingerprint density at radius 2 is 1.78 bits per heavy atom. The van der Waals surface area contributed by atoms with Crippen LogP contribution in [-0.4, -0.2) is 29.6 Å². The Balaban J connectivity index is 2.01. The second kappa shape index (κ2) is 14.8. The van der Waals surface area contributed by atoms with Gasteiger partial charge >= 0.3 is 11.9 Å². The average molecular weight is 436 g/mol. The van der Waals surface area contributed by atoms with Crippen LogP contribution < -0.4 is 5.32 Å². The molecule has 5 heteroatoms. The zero-order valence-corrected chi connectivity index (χ0v) is 18.8. The van der Waals surface area contributed by atoms with Gasteiger partial charge in [0, 0.05) is 0 Å². The lowest BCUT2D eigenvalue weighted by molar-refractivity contribution is -0.147. The number of ether oxygens (including phenoxy) is 1. The van der Waals surface area contributed by atoms with Crippen molar-refractivity contribution in [1.82, 2.24) is 5.32 Å². The van der Waals surface area contributed by atoms with Crippen molar-refractivity contribution in [1.29, 1.82) is 0 Å². The van der Waals surface area contributed by atoms with Crippen molar-refractivity contribution in [2.75, 3.05) is 6.54 Å². The molecule has 0 unspecified atom stereocenters. The highest BCUT2D eigenvalue weighted by molar-refractivity contribution is 5.80. The van der Waals surface area contributed by atoms with Crippen LogP contribution in [0.25, 0.3) is 6.08 Å². The summed E-state index contributed by atoms with van der Waals surface area (Å²) in [5, 5.41) is 12.1. The summed E-state index contributed by atoms with van der Waals surface area (Å²) in [6, 6.07) is 16.9. The second-order valence-corrected chi connectivity index (χ2v) is 7.76. The predicted octanol–water partition coefficient (Wildman–Crippen LogP) is 5.15. The lowest BCUT2D eigenvalue weighted by Crippen LogP contribution is -2.40. The number of aliphatic carboxylic acids is 1. The smallest absolute Gasteiger partial charge is 0.336 e. The summed E-state index contributed by atoms with van der Waals surface area (Å²) in [5.41, 5.74) is 5.40. The number of benzene rings is 2. The van der Waals surface area contributed by atoms with Crippen molar-refractivity contribution < 1.29 is 19.4 Å². The van der Waals surface area contributed by atoms with E-state index in [1.54, 1.807) is 6.08 Å². The number of esters is 1. The molecule has 2 N–H and O–H groups in total. The molecule has 0 amide bonds. The van der Waals surface area contributed by atoms with E-state index in [0.717, 1.165) is 42.2 Å². The summed E-state index contributed by atoms with van der Waals surface area (Å²) in [6.45, 7) is 3.20. The molecule has 2 rings (SSSR count). The Labute approximate surface area is 190 Å². The summed E-state index contributed by atoms with van der Waals surface area (Å²) in [7, 11) is 0. The molecule has 0 aliphatic rings. The quantitative estimate of drug-likeness (QED) is 0.186. The highest BCUT2D eigenvalue weighted by atomic mass is 16.5. The van der Waals surface area contributed by atoms with Gasteiger partial charge in [-0.05, 0) is 42.2 Å². The molecule has 0 aromatic heterocycles. The van der Waals surface area contributed by atoms with Gasteiger partial charge in [-0.15, -0.1) is 5.73 Å². The monoisotopic (exact) mass is 435 g/mol. The minimum absolute atomic E-state index is 0.247. The molecule has 0 fully saturated rings. The third-order valence-corrected chi connectivity index (χ3v) is 5.03. The van der Waals surface area contributed by atoms with E-state index in [1.807, 2.05) is 54.6 Å². The number of carboxylic acids is 1. The molecule has 0 heterocycles. The molecule has 0 aliphatic carbocycles. The van der Waals surface area contributed by atoms with Gasteiger partial charge in [0.1, 0.15) is 12.6 Å². The highest BCUT2D eigenvalue weighted by Crippen LogP contribution is 2.12. The van der Waals surface area contributed by atoms with Gasteiger partial charge in [0.25, 0.3) is 0 Å². The van der Waals surface area contributed by atoms with Gasteiger partial charge in [-0.2, -0.15) is 0 Å². The summed E-state index contributed by atoms with van der Waals surface area (Å²) in [6.07, 6.45) is 8.88. The van der Waals surface area contributed by atoms with Crippen molar-refractivity contribution in [3.63, 3.8) is 0 Å². The molecular weight excluding hydrogens is 402 g/mol. The van der Waals surface area contributed by atoms with Gasteiger partial charge in [0.2, 0.25) is 0 Å². The number of carbonyl (C=O) groups is 2. The fourth-order valence-corrected chi connectivity index (χ4v) is 3.33. The molecule has 1 atom stereocenters. The molecule has 0 aliphatic heterocycles. The fraction of sp³-hybridized carbons (Fsp3) is 0.370. The molecule has 170 valence electrons. The van der Waals surface area contributed by atoms with Crippen LogP contribution in [0.1, 0.15) is 55.7 Å². The minimum Gasteiger partial charge on any atom is -0.478 e. The van der Waals surface area contributed by atoms with E-state index >= 15 is 0 Å². The number of carbonyl (C=O) groups excluding carboxylic acids is 1. The van der Waals surface area contributed by atoms with Crippen molar-refractivity contribution >= 4 is 18.0 Å². The van der Waals surface area contributed by atoms with E-state index in [1.165, 1.54) is 19.3 Å². The summed E-state index contributed by atoms with van der Waals surface area (Å²) >= 11 is 0. The van der Waals surface area contributed by atoms with Crippen molar-refractivity contribution in [3.05, 3.63) is 83.1 Å². The summed E-state index contributed by atoms with van der Waals surface area (Å²) in [5.74, 6) is -1.31. The lowest BCUT2D eigenvalue weighted by atomic mass is 10.0. The van der Waals surface area contributed by atoms with Crippen LogP contribution in [0.3, 0.4) is 0 Å². The minimum atomic E-state index is -1.04. The number of rotatable bonds is 14. The van der Waals surface area contributed by atoms with Crippen LogP contribution in [0.2, 0.25) is 0 Å². The van der Waals surface area contributed by atoms with Crippen LogP contribution in [-0.2, 0) is 27.4 Å². The standard InChI is InChI=1S/C27H33NO4/c1-2-3-4-5-9-18-28-25(27(31)32-21-23-12-7-6-8-13-23)20-24-16-10-14-22(19-24)15-11-17-26(29)30/h6-8,10,12-17,19,25,28H,2-5,9,18,20-21H2,1H3,(H,29,30)/t11?,25-/m0/s1. The first-order valence-corrected chi connectivity index (χ1v) is 11.3. The van der Waals surface area contributed by atoms with Crippen molar-refractivity contribution in [3.8, 4) is 0 Å². The number of hydrogen-bond donors (Lipinski definition) is 2. The molecule has 32 heavy (non-hydrogen) atoms. The molecule has 0 bridgehead atoms. The third-order valence-electron chi connectivity index (χ3n) is 5.03. The number of hydrogen-bond acceptors (Lipinski definition) is 4. The maximum atomic E-state index is 12.8. The summed E-state index contributed by atoms with van der Waals surface area (Å²) < 4.78 is 5.59. The summed E-state index contributed by atoms with van der Waals surface area (Å²) in [4.78, 5) is 23.5. The molecule has 0 spiro atoms. The van der Waals surface area contributed by atoms with Crippen LogP contribution in [0, 0.1) is 0 Å². The van der Waals surface area contributed by atoms with E-state index < -0.39 is 12.0 Å². The van der Waals surface area contributed by atoms with Gasteiger partial charge in [0.15, 0.2) is 0 Å². The average Bonchev–Trinajstić information content (AvgIpc) is 2.79. The Bertz CT molecular complexity index is 901. The van der Waals surface area contributed by atoms with Crippen LogP contribution in [0.15, 0.2) is 66.4 Å². The molecular formula is C27H33NO4. The molecule has 0 radical (unpaired) electrons. The maximum absolute atomic E-state index is 12.8. The molecule has 5 nitrogen and oxygen atoms in total. The van der Waals surface area contributed by atoms with Crippen LogP contribution in [0.4, 0.5) is 0 Å². The van der Waals surface area contributed by atoms with E-state index in [4.69, 9.17) is 9.84 Å². The number of nitrogens with one attached hydrogen (secondary N) is 1. The first-order chi connectivity index (χ1) is 15.6. The van der Waals surface area contributed by atoms with Crippen LogP contribution in [0.5, 0.6) is 0 Å².